The number of nitrogens with zero attached hydrogens (tertiary/aromatic N) is 5. The Hall–Kier alpha value is -4.65. The average Bonchev–Trinajstić information content (AvgIpc) is 3.21. The number of rotatable bonds is 5. The summed E-state index contributed by atoms with van der Waals surface area (Å²) in [5.74, 6) is 0.889. The van der Waals surface area contributed by atoms with Gasteiger partial charge >= 0.3 is 11.8 Å². The first-order chi connectivity index (χ1) is 19.0. The molecule has 0 atom stereocenters. The molecule has 10 heteroatoms. The van der Waals surface area contributed by atoms with Crippen molar-refractivity contribution in [2.75, 3.05) is 13.1 Å². The van der Waals surface area contributed by atoms with E-state index in [0.29, 0.717) is 49.4 Å². The number of nitro groups is 1. The molecule has 1 aliphatic heterocycles. The molecule has 1 amide bonds. The van der Waals surface area contributed by atoms with E-state index in [0.717, 1.165) is 21.9 Å². The topological polar surface area (TPSA) is 124 Å². The second-order valence-corrected chi connectivity index (χ2v) is 11.0. The zero-order valence-electron chi connectivity index (χ0n) is 23.0. The summed E-state index contributed by atoms with van der Waals surface area (Å²) >= 11 is 0. The molecule has 1 aliphatic rings. The summed E-state index contributed by atoms with van der Waals surface area (Å²) in [5.41, 5.74) is 2.12. The Morgan fingerprint density at radius 2 is 1.85 bits per heavy atom. The van der Waals surface area contributed by atoms with Crippen molar-refractivity contribution in [1.29, 1.82) is 5.26 Å². The fraction of sp³-hybridized carbons (Fsp3) is 0.367. The highest BCUT2D eigenvalue weighted by atomic mass is 16.6. The maximum Gasteiger partial charge on any atom is 0.410 e. The van der Waals surface area contributed by atoms with E-state index >= 15 is 0 Å². The second-order valence-electron chi connectivity index (χ2n) is 11.0. The smallest absolute Gasteiger partial charge is 0.410 e. The van der Waals surface area contributed by atoms with E-state index in [4.69, 9.17) is 9.47 Å². The number of fused-ring (bicyclic) bond motifs is 2. The molecule has 1 saturated heterocycles. The van der Waals surface area contributed by atoms with Crippen molar-refractivity contribution in [3.63, 3.8) is 0 Å². The third kappa shape index (κ3) is 5.41. The fourth-order valence-corrected chi connectivity index (χ4v) is 5.13. The van der Waals surface area contributed by atoms with Crippen LogP contribution in [0.5, 0.6) is 5.75 Å². The maximum absolute atomic E-state index is 12.4. The number of hydrogen-bond acceptors (Lipinski definition) is 7. The van der Waals surface area contributed by atoms with Crippen molar-refractivity contribution < 1.29 is 19.2 Å². The Kier molecular flexibility index (Phi) is 7.06. The van der Waals surface area contributed by atoms with Crippen LogP contribution in [0.4, 0.5) is 10.5 Å². The monoisotopic (exact) mass is 541 g/mol. The highest BCUT2D eigenvalue weighted by Crippen LogP contribution is 2.35. The summed E-state index contributed by atoms with van der Waals surface area (Å²) in [6, 6.07) is 16.9. The zero-order valence-corrected chi connectivity index (χ0v) is 23.0. The lowest BCUT2D eigenvalue weighted by molar-refractivity contribution is -0.386. The summed E-state index contributed by atoms with van der Waals surface area (Å²) in [4.78, 5) is 30.2. The lowest BCUT2D eigenvalue weighted by Gasteiger charge is -2.33. The molecule has 0 bridgehead atoms. The van der Waals surface area contributed by atoms with Crippen molar-refractivity contribution in [2.45, 2.75) is 58.8 Å². The molecule has 1 fully saturated rings. The van der Waals surface area contributed by atoms with Crippen molar-refractivity contribution in [3.05, 3.63) is 75.6 Å². The van der Waals surface area contributed by atoms with Crippen LogP contribution in [0.15, 0.2) is 48.5 Å². The van der Waals surface area contributed by atoms with Gasteiger partial charge in [0.2, 0.25) is 0 Å². The Bertz CT molecular complexity index is 1660. The number of hydrogen-bond donors (Lipinski definition) is 0. The minimum absolute atomic E-state index is 0.143. The van der Waals surface area contributed by atoms with Gasteiger partial charge in [0.15, 0.2) is 5.75 Å². The van der Waals surface area contributed by atoms with E-state index in [1.165, 1.54) is 6.07 Å². The lowest BCUT2D eigenvalue weighted by Crippen LogP contribution is -2.44. The zero-order chi connectivity index (χ0) is 28.6. The SMILES string of the molecule is Cc1nc2cc([N+](=O)[O-])c(OC3CCN(C(=O)OC(C)(C)C)CC3)cc2n1Cc1ccc(C#N)c2ccccc12. The molecule has 5 rings (SSSR count). The number of ether oxygens (including phenoxy) is 2. The molecule has 0 saturated carbocycles. The summed E-state index contributed by atoms with van der Waals surface area (Å²) in [6.45, 7) is 8.70. The standard InChI is InChI=1S/C30H31N5O5/c1-19-32-25-15-27(35(37)38)28(39-22-11-13-33(14-12-22)29(36)40-30(2,3)4)16-26(25)34(19)18-21-10-9-20(17-31)23-7-5-6-8-24(21)23/h5-10,15-16,22H,11-14,18H2,1-4H3. The fourth-order valence-electron chi connectivity index (χ4n) is 5.13. The molecule has 0 N–H and O–H groups in total. The minimum atomic E-state index is -0.578. The molecule has 4 aromatic rings. The average molecular weight is 542 g/mol. The minimum Gasteiger partial charge on any atom is -0.483 e. The molecule has 2 heterocycles. The van der Waals surface area contributed by atoms with Gasteiger partial charge in [0, 0.05) is 44.6 Å². The molecule has 206 valence electrons. The van der Waals surface area contributed by atoms with Gasteiger partial charge in [-0.3, -0.25) is 10.1 Å². The van der Waals surface area contributed by atoms with Crippen LogP contribution in [0, 0.1) is 28.4 Å². The number of carbonyl (C=O) groups is 1. The summed E-state index contributed by atoms with van der Waals surface area (Å²) in [6.07, 6.45) is 0.413. The van der Waals surface area contributed by atoms with E-state index in [1.807, 2.05) is 68.7 Å². The van der Waals surface area contributed by atoms with Gasteiger partial charge in [-0.1, -0.05) is 30.3 Å². The van der Waals surface area contributed by atoms with E-state index in [-0.39, 0.29) is 23.6 Å². The van der Waals surface area contributed by atoms with E-state index in [1.54, 1.807) is 11.0 Å². The molecule has 40 heavy (non-hydrogen) atoms. The molecule has 0 spiro atoms. The number of aryl methyl sites for hydroxylation is 1. The van der Waals surface area contributed by atoms with Crippen molar-refractivity contribution in [2.24, 2.45) is 0 Å². The van der Waals surface area contributed by atoms with Gasteiger partial charge in [0.05, 0.1) is 27.6 Å². The third-order valence-corrected chi connectivity index (χ3v) is 7.07. The van der Waals surface area contributed by atoms with Crippen molar-refractivity contribution in [1.82, 2.24) is 14.5 Å². The van der Waals surface area contributed by atoms with E-state index in [2.05, 4.69) is 11.1 Å². The maximum atomic E-state index is 12.4. The van der Waals surface area contributed by atoms with Crippen LogP contribution < -0.4 is 4.74 Å². The van der Waals surface area contributed by atoms with E-state index < -0.39 is 10.5 Å². The van der Waals surface area contributed by atoms with Gasteiger partial charge in [-0.25, -0.2) is 9.78 Å². The van der Waals surface area contributed by atoms with Crippen molar-refractivity contribution >= 4 is 33.6 Å². The van der Waals surface area contributed by atoms with E-state index in [9.17, 15) is 20.2 Å². The number of aromatic nitrogens is 2. The molecule has 0 aliphatic carbocycles. The Morgan fingerprint density at radius 1 is 1.15 bits per heavy atom. The first kappa shape index (κ1) is 26.9. The summed E-state index contributed by atoms with van der Waals surface area (Å²) in [5, 5.41) is 23.3. The molecular weight excluding hydrogens is 510 g/mol. The van der Waals surface area contributed by atoms with Crippen LogP contribution in [0.1, 0.15) is 50.6 Å². The van der Waals surface area contributed by atoms with Gasteiger partial charge in [0.25, 0.3) is 0 Å². The van der Waals surface area contributed by atoms with Gasteiger partial charge in [-0.2, -0.15) is 5.26 Å². The number of piperidine rings is 1. The number of amides is 1. The highest BCUT2D eigenvalue weighted by molar-refractivity contribution is 5.91. The lowest BCUT2D eigenvalue weighted by atomic mass is 10.00. The first-order valence-corrected chi connectivity index (χ1v) is 13.2. The van der Waals surface area contributed by atoms with Gasteiger partial charge < -0.3 is 18.9 Å². The van der Waals surface area contributed by atoms with Crippen molar-refractivity contribution in [3.8, 4) is 11.8 Å². The van der Waals surface area contributed by atoms with Crippen LogP contribution in [-0.2, 0) is 11.3 Å². The number of benzene rings is 3. The highest BCUT2D eigenvalue weighted by Gasteiger charge is 2.30. The Labute approximate surface area is 231 Å². The van der Waals surface area contributed by atoms with Gasteiger partial charge in [0.1, 0.15) is 17.5 Å². The first-order valence-electron chi connectivity index (χ1n) is 13.2. The summed E-state index contributed by atoms with van der Waals surface area (Å²) < 4.78 is 13.7. The second kappa shape index (κ2) is 10.5. The molecule has 1 aromatic heterocycles. The van der Waals surface area contributed by atoms with Crippen LogP contribution in [0.2, 0.25) is 0 Å². The van der Waals surface area contributed by atoms with Gasteiger partial charge in [-0.15, -0.1) is 0 Å². The number of carbonyl (C=O) groups excluding carboxylic acids is 1. The molecule has 10 nitrogen and oxygen atoms in total. The third-order valence-electron chi connectivity index (χ3n) is 7.07. The van der Waals surface area contributed by atoms with Crippen LogP contribution in [0.25, 0.3) is 21.8 Å². The number of imidazole rings is 1. The molecule has 0 unspecified atom stereocenters. The Morgan fingerprint density at radius 3 is 2.50 bits per heavy atom. The van der Waals surface area contributed by atoms with Crippen LogP contribution >= 0.6 is 0 Å². The van der Waals surface area contributed by atoms with Gasteiger partial charge in [-0.05, 0) is 50.1 Å². The molecular formula is C30H31N5O5. The number of nitriles is 1. The molecule has 3 aromatic carbocycles. The predicted molar refractivity (Wildman–Crippen MR) is 150 cm³/mol. The quantitative estimate of drug-likeness (QED) is 0.221. The summed E-state index contributed by atoms with van der Waals surface area (Å²) in [7, 11) is 0. The number of nitro benzene ring substituents is 1. The van der Waals surface area contributed by atoms with Crippen LogP contribution in [-0.4, -0.2) is 50.3 Å². The predicted octanol–water partition coefficient (Wildman–Crippen LogP) is 6.10. The van der Waals surface area contributed by atoms with Crippen LogP contribution in [0.3, 0.4) is 0 Å². The number of likely N-dealkylation sites (tertiary alicyclic amines) is 1. The molecule has 0 radical (unpaired) electrons. The normalized spacial score (nSPS) is 14.3. The Balaban J connectivity index is 1.43. The largest absolute Gasteiger partial charge is 0.483 e.